The smallest absolute Gasteiger partial charge is 0.211 e. The summed E-state index contributed by atoms with van der Waals surface area (Å²) >= 11 is 1.73. The van der Waals surface area contributed by atoms with Crippen LogP contribution in [-0.2, 0) is 16.6 Å². The maximum absolute atomic E-state index is 11.8. The van der Waals surface area contributed by atoms with E-state index in [-0.39, 0.29) is 0 Å². The van der Waals surface area contributed by atoms with Crippen molar-refractivity contribution in [2.24, 2.45) is 0 Å². The van der Waals surface area contributed by atoms with Gasteiger partial charge in [-0.25, -0.2) is 18.4 Å². The molecule has 0 unspecified atom stereocenters. The summed E-state index contributed by atoms with van der Waals surface area (Å²) in [7, 11) is -3.13. The van der Waals surface area contributed by atoms with Gasteiger partial charge in [0.05, 0.1) is 18.2 Å². The lowest BCUT2D eigenvalue weighted by Crippen LogP contribution is -2.48. The molecule has 2 aliphatic rings. The molecule has 0 bridgehead atoms. The van der Waals surface area contributed by atoms with E-state index < -0.39 is 10.0 Å². The van der Waals surface area contributed by atoms with Crippen LogP contribution in [0.1, 0.15) is 29.1 Å². The second kappa shape index (κ2) is 7.27. The van der Waals surface area contributed by atoms with E-state index in [0.29, 0.717) is 26.2 Å². The Morgan fingerprint density at radius 1 is 1.00 bits per heavy atom. The fourth-order valence-corrected chi connectivity index (χ4v) is 5.81. The summed E-state index contributed by atoms with van der Waals surface area (Å²) in [5.41, 5.74) is 1.24. The van der Waals surface area contributed by atoms with Crippen LogP contribution in [0.5, 0.6) is 0 Å². The monoisotopic (exact) mass is 409 g/mol. The van der Waals surface area contributed by atoms with Gasteiger partial charge < -0.3 is 4.90 Å². The molecule has 0 saturated carbocycles. The summed E-state index contributed by atoms with van der Waals surface area (Å²) in [4.78, 5) is 16.8. The fraction of sp³-hybridized carbons (Fsp3) is 0.667. The van der Waals surface area contributed by atoms with Crippen molar-refractivity contribution in [1.82, 2.24) is 19.2 Å². The van der Waals surface area contributed by atoms with Crippen LogP contribution in [-0.4, -0.2) is 73.1 Å². The molecule has 7 nitrogen and oxygen atoms in total. The lowest BCUT2D eigenvalue weighted by atomic mass is 10.2. The molecule has 0 aliphatic carbocycles. The number of anilines is 1. The number of likely N-dealkylation sites (tertiary alicyclic amines) is 1. The minimum Gasteiger partial charge on any atom is -0.353 e. The lowest BCUT2D eigenvalue weighted by molar-refractivity contribution is 0.322. The number of fused-ring (bicyclic) bond motifs is 1. The van der Waals surface area contributed by atoms with Crippen molar-refractivity contribution in [2.45, 2.75) is 33.2 Å². The van der Waals surface area contributed by atoms with Crippen molar-refractivity contribution in [3.63, 3.8) is 0 Å². The maximum Gasteiger partial charge on any atom is 0.211 e. The highest BCUT2D eigenvalue weighted by Gasteiger charge is 2.27. The summed E-state index contributed by atoms with van der Waals surface area (Å²) < 4.78 is 25.2. The molecule has 4 heterocycles. The van der Waals surface area contributed by atoms with Gasteiger partial charge in [0.15, 0.2) is 0 Å². The first-order valence-corrected chi connectivity index (χ1v) is 12.2. The van der Waals surface area contributed by atoms with E-state index in [1.807, 2.05) is 0 Å². The molecular weight excluding hydrogens is 382 g/mol. The Labute approximate surface area is 165 Å². The molecule has 0 amide bonds. The van der Waals surface area contributed by atoms with Crippen LogP contribution in [0.2, 0.25) is 0 Å². The molecule has 2 aromatic heterocycles. The summed E-state index contributed by atoms with van der Waals surface area (Å²) in [5, 5.41) is 1.13. The number of nitrogens with zero attached hydrogens (tertiary/aromatic N) is 5. The third kappa shape index (κ3) is 3.83. The van der Waals surface area contributed by atoms with Crippen molar-refractivity contribution in [1.29, 1.82) is 0 Å². The normalized spacial score (nSPS) is 20.0. The molecule has 9 heteroatoms. The maximum atomic E-state index is 11.8. The second-order valence-electron chi connectivity index (χ2n) is 7.56. The minimum atomic E-state index is -3.13. The number of thiophene rings is 1. The molecule has 2 aliphatic heterocycles. The molecule has 0 N–H and O–H groups in total. The molecule has 4 rings (SSSR count). The molecule has 0 atom stereocenters. The van der Waals surface area contributed by atoms with Crippen molar-refractivity contribution >= 4 is 37.4 Å². The number of hydrogen-bond donors (Lipinski definition) is 0. The fourth-order valence-electron chi connectivity index (χ4n) is 3.94. The van der Waals surface area contributed by atoms with Crippen molar-refractivity contribution < 1.29 is 8.42 Å². The zero-order valence-electron chi connectivity index (χ0n) is 16.2. The molecule has 0 aromatic carbocycles. The number of aryl methyl sites for hydroxylation is 2. The minimum absolute atomic E-state index is 0.508. The predicted molar refractivity (Wildman–Crippen MR) is 110 cm³/mol. The van der Waals surface area contributed by atoms with Crippen LogP contribution in [0.15, 0.2) is 0 Å². The number of piperazine rings is 1. The summed E-state index contributed by atoms with van der Waals surface area (Å²) in [6.45, 7) is 9.64. The zero-order chi connectivity index (χ0) is 19.2. The average molecular weight is 410 g/mol. The van der Waals surface area contributed by atoms with Crippen molar-refractivity contribution in [2.75, 3.05) is 50.4 Å². The van der Waals surface area contributed by atoms with Gasteiger partial charge in [0.25, 0.3) is 0 Å². The molecular formula is C18H27N5O2S2. The van der Waals surface area contributed by atoms with Gasteiger partial charge in [-0.15, -0.1) is 11.3 Å². The number of hydrogen-bond acceptors (Lipinski definition) is 7. The molecule has 27 heavy (non-hydrogen) atoms. The third-order valence-corrected chi connectivity index (χ3v) is 8.03. The van der Waals surface area contributed by atoms with Gasteiger partial charge in [-0.3, -0.25) is 4.90 Å². The van der Waals surface area contributed by atoms with Gasteiger partial charge in [0.2, 0.25) is 10.0 Å². The predicted octanol–water partition coefficient (Wildman–Crippen LogP) is 1.99. The largest absolute Gasteiger partial charge is 0.353 e. The van der Waals surface area contributed by atoms with Gasteiger partial charge in [-0.2, -0.15) is 4.31 Å². The number of aromatic nitrogens is 2. The first kappa shape index (κ1) is 19.0. The van der Waals surface area contributed by atoms with E-state index in [1.54, 1.807) is 15.6 Å². The van der Waals surface area contributed by atoms with E-state index in [0.717, 1.165) is 41.5 Å². The SMILES string of the molecule is Cc1sc2nc(CN3CCCC3)nc(N3CCN(S(C)(=O)=O)CC3)c2c1C. The molecule has 2 fully saturated rings. The molecule has 0 radical (unpaired) electrons. The second-order valence-corrected chi connectivity index (χ2v) is 10.7. The van der Waals surface area contributed by atoms with Gasteiger partial charge >= 0.3 is 0 Å². The van der Waals surface area contributed by atoms with E-state index in [1.165, 1.54) is 29.5 Å². The van der Waals surface area contributed by atoms with Gasteiger partial charge in [0, 0.05) is 31.1 Å². The Hall–Kier alpha value is -1.29. The van der Waals surface area contributed by atoms with Crippen molar-refractivity contribution in [3.05, 3.63) is 16.3 Å². The molecule has 2 aromatic rings. The zero-order valence-corrected chi connectivity index (χ0v) is 17.9. The highest BCUT2D eigenvalue weighted by atomic mass is 32.2. The number of sulfonamides is 1. The first-order valence-electron chi connectivity index (χ1n) is 9.52. The Kier molecular flexibility index (Phi) is 5.13. The van der Waals surface area contributed by atoms with Crippen LogP contribution in [0, 0.1) is 13.8 Å². The van der Waals surface area contributed by atoms with Crippen LogP contribution < -0.4 is 4.90 Å². The third-order valence-electron chi connectivity index (χ3n) is 5.63. The lowest BCUT2D eigenvalue weighted by Gasteiger charge is -2.34. The Morgan fingerprint density at radius 2 is 1.67 bits per heavy atom. The first-order chi connectivity index (χ1) is 12.8. The van der Waals surface area contributed by atoms with E-state index >= 15 is 0 Å². The quantitative estimate of drug-likeness (QED) is 0.769. The van der Waals surface area contributed by atoms with Gasteiger partial charge in [-0.05, 0) is 45.3 Å². The molecule has 2 saturated heterocycles. The Balaban J connectivity index is 1.67. The van der Waals surface area contributed by atoms with Crippen LogP contribution in [0.3, 0.4) is 0 Å². The summed E-state index contributed by atoms with van der Waals surface area (Å²) in [6.07, 6.45) is 3.78. The number of rotatable bonds is 4. The van der Waals surface area contributed by atoms with E-state index in [4.69, 9.17) is 9.97 Å². The van der Waals surface area contributed by atoms with Crippen LogP contribution in [0.4, 0.5) is 5.82 Å². The van der Waals surface area contributed by atoms with Gasteiger partial charge in [0.1, 0.15) is 16.5 Å². The highest BCUT2D eigenvalue weighted by molar-refractivity contribution is 7.88. The Morgan fingerprint density at radius 3 is 2.30 bits per heavy atom. The summed E-state index contributed by atoms with van der Waals surface area (Å²) in [6, 6.07) is 0. The van der Waals surface area contributed by atoms with Crippen molar-refractivity contribution in [3.8, 4) is 0 Å². The standard InChI is InChI=1S/C18H27N5O2S2/c1-13-14(2)26-18-16(13)17(19-15(20-18)12-21-6-4-5-7-21)22-8-10-23(11-9-22)27(3,24)25/h4-12H2,1-3H3. The van der Waals surface area contributed by atoms with Crippen LogP contribution >= 0.6 is 11.3 Å². The van der Waals surface area contributed by atoms with Crippen LogP contribution in [0.25, 0.3) is 10.2 Å². The molecule has 0 spiro atoms. The van der Waals surface area contributed by atoms with Gasteiger partial charge in [-0.1, -0.05) is 0 Å². The van der Waals surface area contributed by atoms with E-state index in [9.17, 15) is 8.42 Å². The topological polar surface area (TPSA) is 69.6 Å². The highest BCUT2D eigenvalue weighted by Crippen LogP contribution is 2.35. The average Bonchev–Trinajstić information content (AvgIpc) is 3.22. The van der Waals surface area contributed by atoms with E-state index in [2.05, 4.69) is 23.6 Å². The Bertz CT molecular complexity index is 942. The molecule has 148 valence electrons. The summed E-state index contributed by atoms with van der Waals surface area (Å²) in [5.74, 6) is 1.86.